The summed E-state index contributed by atoms with van der Waals surface area (Å²) in [6.45, 7) is 5.56. The van der Waals surface area contributed by atoms with Gasteiger partial charge in [-0.2, -0.15) is 0 Å². The van der Waals surface area contributed by atoms with Crippen LogP contribution < -0.4 is 9.47 Å². The average Bonchev–Trinajstić information content (AvgIpc) is 3.36. The molecule has 4 rings (SSSR count). The first-order valence-corrected chi connectivity index (χ1v) is 11.2. The second-order valence-corrected chi connectivity index (χ2v) is 9.02. The molecule has 3 heterocycles. The van der Waals surface area contributed by atoms with E-state index in [0.717, 1.165) is 43.8 Å². The number of aryl methyl sites for hydroxylation is 1. The van der Waals surface area contributed by atoms with Gasteiger partial charge in [-0.25, -0.2) is 4.98 Å². The van der Waals surface area contributed by atoms with Crippen molar-refractivity contribution in [3.05, 3.63) is 23.2 Å². The molecule has 0 saturated carbocycles. The lowest BCUT2D eigenvalue weighted by Gasteiger charge is -2.13. The van der Waals surface area contributed by atoms with Gasteiger partial charge in [-0.05, 0) is 51.1 Å². The van der Waals surface area contributed by atoms with Crippen LogP contribution in [-0.4, -0.2) is 59.7 Å². The zero-order valence-corrected chi connectivity index (χ0v) is 18.0. The topological polar surface area (TPSA) is 60.4 Å². The summed E-state index contributed by atoms with van der Waals surface area (Å²) in [5.74, 6) is 2.39. The third kappa shape index (κ3) is 3.94. The van der Waals surface area contributed by atoms with Gasteiger partial charge in [0.2, 0.25) is 0 Å². The molecule has 2 aromatic heterocycles. The molecule has 1 aliphatic rings. The van der Waals surface area contributed by atoms with Crippen LogP contribution in [0, 0.1) is 6.92 Å². The van der Waals surface area contributed by atoms with Crippen LogP contribution >= 0.6 is 23.1 Å². The second kappa shape index (κ2) is 8.63. The maximum atomic E-state index is 5.45. The summed E-state index contributed by atoms with van der Waals surface area (Å²) in [6, 6.07) is 5.83. The number of fused-ring (bicyclic) bond motifs is 1. The highest BCUT2D eigenvalue weighted by Crippen LogP contribution is 2.38. The highest BCUT2D eigenvalue weighted by Gasteiger charge is 2.18. The molecule has 1 aliphatic heterocycles. The summed E-state index contributed by atoms with van der Waals surface area (Å²) in [7, 11) is 3.27. The zero-order chi connectivity index (χ0) is 19.5. The van der Waals surface area contributed by atoms with E-state index in [1.54, 1.807) is 37.3 Å². The van der Waals surface area contributed by atoms with E-state index in [1.165, 1.54) is 25.9 Å². The Bertz CT molecular complexity index is 970. The molecule has 8 heteroatoms. The van der Waals surface area contributed by atoms with Crippen LogP contribution in [0.2, 0.25) is 0 Å². The first-order chi connectivity index (χ1) is 13.7. The van der Waals surface area contributed by atoms with E-state index < -0.39 is 0 Å². The smallest absolute Gasteiger partial charge is 0.161 e. The van der Waals surface area contributed by atoms with Gasteiger partial charge in [0.25, 0.3) is 0 Å². The molecule has 6 nitrogen and oxygen atoms in total. The average molecular weight is 417 g/mol. The van der Waals surface area contributed by atoms with Crippen molar-refractivity contribution in [3.63, 3.8) is 0 Å². The molecule has 0 aliphatic carbocycles. The van der Waals surface area contributed by atoms with E-state index in [9.17, 15) is 0 Å². The second-order valence-electron chi connectivity index (χ2n) is 6.73. The Morgan fingerprint density at radius 1 is 1.11 bits per heavy atom. The normalized spacial score (nSPS) is 14.7. The number of hydrogen-bond donors (Lipinski definition) is 0. The van der Waals surface area contributed by atoms with Crippen LogP contribution in [0.25, 0.3) is 21.5 Å². The summed E-state index contributed by atoms with van der Waals surface area (Å²) < 4.78 is 11.9. The number of thioether (sulfide) groups is 1. The molecular weight excluding hydrogens is 392 g/mol. The molecule has 28 heavy (non-hydrogen) atoms. The first-order valence-electron chi connectivity index (χ1n) is 9.41. The van der Waals surface area contributed by atoms with E-state index in [2.05, 4.69) is 15.1 Å². The van der Waals surface area contributed by atoms with Crippen LogP contribution in [-0.2, 0) is 0 Å². The summed E-state index contributed by atoms with van der Waals surface area (Å²) in [5, 5.41) is 11.0. The number of aromatic nitrogens is 3. The Labute approximate surface area is 173 Å². The molecule has 0 spiro atoms. The Morgan fingerprint density at radius 2 is 1.89 bits per heavy atom. The molecule has 0 amide bonds. The van der Waals surface area contributed by atoms with Crippen molar-refractivity contribution in [2.45, 2.75) is 24.8 Å². The molecule has 0 unspecified atom stereocenters. The lowest BCUT2D eigenvalue weighted by Crippen LogP contribution is -2.21. The minimum absolute atomic E-state index is 0.681. The van der Waals surface area contributed by atoms with Crippen molar-refractivity contribution in [1.82, 2.24) is 20.1 Å². The van der Waals surface area contributed by atoms with Gasteiger partial charge in [0, 0.05) is 17.9 Å². The number of benzene rings is 1. The minimum Gasteiger partial charge on any atom is -0.493 e. The monoisotopic (exact) mass is 416 g/mol. The summed E-state index contributed by atoms with van der Waals surface area (Å²) in [4.78, 5) is 7.27. The van der Waals surface area contributed by atoms with E-state index in [1.807, 2.05) is 25.1 Å². The standard InChI is InChI=1S/C20H24N4O2S2/c1-13-21-18-19(28-13)17(14-6-7-15(25-2)16(12-14)26-3)22-23-20(18)27-11-10-24-8-4-5-9-24/h6-7,12H,4-5,8-11H2,1-3H3. The molecular formula is C20H24N4O2S2. The number of rotatable bonds is 7. The van der Waals surface area contributed by atoms with Crippen LogP contribution in [0.1, 0.15) is 17.8 Å². The van der Waals surface area contributed by atoms with Crippen LogP contribution in [0.15, 0.2) is 23.2 Å². The van der Waals surface area contributed by atoms with Gasteiger partial charge in [-0.15, -0.1) is 33.3 Å². The predicted octanol–water partition coefficient (Wildman–Crippen LogP) is 4.27. The molecule has 0 radical (unpaired) electrons. The van der Waals surface area contributed by atoms with Crippen molar-refractivity contribution in [1.29, 1.82) is 0 Å². The quantitative estimate of drug-likeness (QED) is 0.533. The van der Waals surface area contributed by atoms with Gasteiger partial charge in [0.15, 0.2) is 11.5 Å². The Kier molecular flexibility index (Phi) is 5.99. The van der Waals surface area contributed by atoms with Crippen LogP contribution in [0.5, 0.6) is 11.5 Å². The van der Waals surface area contributed by atoms with Crippen molar-refractivity contribution < 1.29 is 9.47 Å². The molecule has 1 aromatic carbocycles. The molecule has 0 atom stereocenters. The fourth-order valence-electron chi connectivity index (χ4n) is 3.47. The third-order valence-corrected chi connectivity index (χ3v) is 6.81. The highest BCUT2D eigenvalue weighted by atomic mass is 32.2. The lowest BCUT2D eigenvalue weighted by atomic mass is 10.1. The number of hydrogen-bond acceptors (Lipinski definition) is 8. The third-order valence-electron chi connectivity index (χ3n) is 4.89. The summed E-state index contributed by atoms with van der Waals surface area (Å²) in [6.07, 6.45) is 2.64. The maximum absolute atomic E-state index is 5.45. The molecule has 1 fully saturated rings. The van der Waals surface area contributed by atoms with Gasteiger partial charge in [-0.3, -0.25) is 0 Å². The fraction of sp³-hybridized carbons (Fsp3) is 0.450. The zero-order valence-electron chi connectivity index (χ0n) is 16.4. The lowest BCUT2D eigenvalue weighted by molar-refractivity contribution is 0.355. The van der Waals surface area contributed by atoms with Gasteiger partial charge < -0.3 is 14.4 Å². The molecule has 1 saturated heterocycles. The highest BCUT2D eigenvalue weighted by molar-refractivity contribution is 7.99. The number of ether oxygens (including phenoxy) is 2. The Balaban J connectivity index is 1.63. The summed E-state index contributed by atoms with van der Waals surface area (Å²) in [5.41, 5.74) is 2.74. The van der Waals surface area contributed by atoms with Crippen molar-refractivity contribution >= 4 is 33.3 Å². The van der Waals surface area contributed by atoms with Gasteiger partial charge in [0.05, 0.1) is 23.9 Å². The molecule has 148 valence electrons. The van der Waals surface area contributed by atoms with E-state index in [4.69, 9.17) is 14.5 Å². The first kappa shape index (κ1) is 19.4. The van der Waals surface area contributed by atoms with Crippen LogP contribution in [0.3, 0.4) is 0 Å². The predicted molar refractivity (Wildman–Crippen MR) is 115 cm³/mol. The van der Waals surface area contributed by atoms with Gasteiger partial charge >= 0.3 is 0 Å². The van der Waals surface area contributed by atoms with E-state index in [0.29, 0.717) is 11.5 Å². The Morgan fingerprint density at radius 3 is 2.64 bits per heavy atom. The Hall–Kier alpha value is -1.90. The van der Waals surface area contributed by atoms with E-state index in [-0.39, 0.29) is 0 Å². The van der Waals surface area contributed by atoms with E-state index >= 15 is 0 Å². The van der Waals surface area contributed by atoms with Gasteiger partial charge in [0.1, 0.15) is 16.2 Å². The number of thiazole rings is 1. The molecule has 0 N–H and O–H groups in total. The maximum Gasteiger partial charge on any atom is 0.161 e. The minimum atomic E-state index is 0.681. The number of likely N-dealkylation sites (tertiary alicyclic amines) is 1. The summed E-state index contributed by atoms with van der Waals surface area (Å²) >= 11 is 3.41. The van der Waals surface area contributed by atoms with Crippen molar-refractivity contribution in [3.8, 4) is 22.8 Å². The molecule has 3 aromatic rings. The SMILES string of the molecule is COc1ccc(-c2nnc(SCCN3CCCC3)c3nc(C)sc23)cc1OC. The number of methoxy groups -OCH3 is 2. The fourth-order valence-corrected chi connectivity index (χ4v) is 5.39. The van der Waals surface area contributed by atoms with Gasteiger partial charge in [-0.1, -0.05) is 0 Å². The van der Waals surface area contributed by atoms with Crippen LogP contribution in [0.4, 0.5) is 0 Å². The van der Waals surface area contributed by atoms with Crippen molar-refractivity contribution in [2.75, 3.05) is 39.6 Å². The van der Waals surface area contributed by atoms with Crippen molar-refractivity contribution in [2.24, 2.45) is 0 Å². The number of nitrogens with zero attached hydrogens (tertiary/aromatic N) is 4. The largest absolute Gasteiger partial charge is 0.493 e. The molecule has 0 bridgehead atoms.